The van der Waals surface area contributed by atoms with Crippen molar-refractivity contribution in [1.29, 1.82) is 0 Å². The van der Waals surface area contributed by atoms with Gasteiger partial charge >= 0.3 is 0 Å². The Kier molecular flexibility index (Phi) is 4.58. The zero-order valence-corrected chi connectivity index (χ0v) is 11.6. The number of amides is 1. The van der Waals surface area contributed by atoms with Crippen molar-refractivity contribution in [2.45, 2.75) is 51.5 Å². The summed E-state index contributed by atoms with van der Waals surface area (Å²) in [5.74, 6) is 0.928. The predicted molar refractivity (Wildman–Crippen MR) is 74.4 cm³/mol. The highest BCUT2D eigenvalue weighted by Crippen LogP contribution is 2.26. The first-order valence-electron chi connectivity index (χ1n) is 6.66. The minimum atomic E-state index is 0.0697. The summed E-state index contributed by atoms with van der Waals surface area (Å²) in [5.41, 5.74) is 6.32. The fourth-order valence-electron chi connectivity index (χ4n) is 2.56. The molecule has 100 valence electrons. The molecule has 1 saturated carbocycles. The predicted octanol–water partition coefficient (Wildman–Crippen LogP) is 2.35. The molecule has 0 saturated heterocycles. The first-order chi connectivity index (χ1) is 8.67. The lowest BCUT2D eigenvalue weighted by atomic mass is 9.84. The minimum absolute atomic E-state index is 0.0697. The van der Waals surface area contributed by atoms with Gasteiger partial charge in [-0.2, -0.15) is 0 Å². The Balaban J connectivity index is 1.75. The zero-order chi connectivity index (χ0) is 13.0. The Bertz CT molecular complexity index is 397. The average molecular weight is 267 g/mol. The van der Waals surface area contributed by atoms with E-state index in [9.17, 15) is 4.79 Å². The second kappa shape index (κ2) is 6.18. The molecule has 0 radical (unpaired) electrons. The van der Waals surface area contributed by atoms with Gasteiger partial charge in [0.15, 0.2) is 5.13 Å². The molecule has 1 aromatic heterocycles. The van der Waals surface area contributed by atoms with E-state index in [-0.39, 0.29) is 5.91 Å². The van der Waals surface area contributed by atoms with E-state index >= 15 is 0 Å². The third kappa shape index (κ3) is 3.70. The zero-order valence-electron chi connectivity index (χ0n) is 10.8. The quantitative estimate of drug-likeness (QED) is 0.880. The van der Waals surface area contributed by atoms with Crippen molar-refractivity contribution >= 4 is 22.4 Å². The van der Waals surface area contributed by atoms with Crippen LogP contribution in [0.5, 0.6) is 0 Å². The van der Waals surface area contributed by atoms with Crippen molar-refractivity contribution in [1.82, 2.24) is 10.3 Å². The third-order valence-electron chi connectivity index (χ3n) is 3.70. The first-order valence-corrected chi connectivity index (χ1v) is 7.54. The summed E-state index contributed by atoms with van der Waals surface area (Å²) in [7, 11) is 0. The molecular formula is C13H21N3OS. The molecule has 1 amide bonds. The summed E-state index contributed by atoms with van der Waals surface area (Å²) in [6.07, 6.45) is 6.32. The molecule has 2 rings (SSSR count). The standard InChI is InChI=1S/C13H21N3OS/c1-2-9-3-5-10(6-4-9)15-12(17)7-11-8-18-13(14)16-11/h8-10H,2-7H2,1H3,(H2,14,16)(H,15,17). The van der Waals surface area contributed by atoms with Gasteiger partial charge < -0.3 is 11.1 Å². The highest BCUT2D eigenvalue weighted by atomic mass is 32.1. The van der Waals surface area contributed by atoms with Crippen LogP contribution < -0.4 is 11.1 Å². The van der Waals surface area contributed by atoms with Crippen molar-refractivity contribution in [2.24, 2.45) is 5.92 Å². The number of nitrogens with two attached hydrogens (primary N) is 1. The number of nitrogens with one attached hydrogen (secondary N) is 1. The van der Waals surface area contributed by atoms with Crippen LogP contribution in [0.3, 0.4) is 0 Å². The topological polar surface area (TPSA) is 68.0 Å². The highest BCUT2D eigenvalue weighted by molar-refractivity contribution is 7.13. The Morgan fingerprint density at radius 1 is 1.50 bits per heavy atom. The number of carbonyl (C=O) groups is 1. The van der Waals surface area contributed by atoms with Gasteiger partial charge in [-0.15, -0.1) is 11.3 Å². The molecule has 1 aliphatic rings. The van der Waals surface area contributed by atoms with Crippen molar-refractivity contribution in [3.8, 4) is 0 Å². The van der Waals surface area contributed by atoms with E-state index in [2.05, 4.69) is 17.2 Å². The number of carbonyl (C=O) groups excluding carboxylic acids is 1. The van der Waals surface area contributed by atoms with Gasteiger partial charge in [0.05, 0.1) is 12.1 Å². The van der Waals surface area contributed by atoms with Crippen molar-refractivity contribution in [2.75, 3.05) is 5.73 Å². The molecule has 5 heteroatoms. The Morgan fingerprint density at radius 2 is 2.22 bits per heavy atom. The van der Waals surface area contributed by atoms with Gasteiger partial charge in [-0.3, -0.25) is 4.79 Å². The van der Waals surface area contributed by atoms with Gasteiger partial charge in [-0.25, -0.2) is 4.98 Å². The lowest BCUT2D eigenvalue weighted by Gasteiger charge is -2.28. The SMILES string of the molecule is CCC1CCC(NC(=O)Cc2csc(N)n2)CC1. The maximum atomic E-state index is 11.9. The fourth-order valence-corrected chi connectivity index (χ4v) is 3.12. The smallest absolute Gasteiger partial charge is 0.226 e. The summed E-state index contributed by atoms with van der Waals surface area (Å²) < 4.78 is 0. The molecule has 1 aliphatic carbocycles. The van der Waals surface area contributed by atoms with Crippen LogP contribution in [0, 0.1) is 5.92 Å². The number of hydrogen-bond donors (Lipinski definition) is 2. The number of rotatable bonds is 4. The molecule has 0 unspecified atom stereocenters. The third-order valence-corrected chi connectivity index (χ3v) is 4.42. The van der Waals surface area contributed by atoms with Crippen LogP contribution in [0.2, 0.25) is 0 Å². The van der Waals surface area contributed by atoms with E-state index in [1.54, 1.807) is 0 Å². The second-order valence-corrected chi connectivity index (χ2v) is 5.94. The monoisotopic (exact) mass is 267 g/mol. The molecule has 1 heterocycles. The Hall–Kier alpha value is -1.10. The lowest BCUT2D eigenvalue weighted by Crippen LogP contribution is -2.38. The van der Waals surface area contributed by atoms with Gasteiger partial charge in [-0.1, -0.05) is 13.3 Å². The minimum Gasteiger partial charge on any atom is -0.375 e. The maximum Gasteiger partial charge on any atom is 0.226 e. The van der Waals surface area contributed by atoms with E-state index in [0.717, 1.165) is 24.5 Å². The van der Waals surface area contributed by atoms with Crippen LogP contribution in [0.4, 0.5) is 5.13 Å². The van der Waals surface area contributed by atoms with E-state index in [0.29, 0.717) is 17.6 Å². The van der Waals surface area contributed by atoms with Crippen LogP contribution in [0.25, 0.3) is 0 Å². The van der Waals surface area contributed by atoms with Gasteiger partial charge in [0.25, 0.3) is 0 Å². The largest absolute Gasteiger partial charge is 0.375 e. The Morgan fingerprint density at radius 3 is 2.78 bits per heavy atom. The van der Waals surface area contributed by atoms with Gasteiger partial charge in [-0.05, 0) is 31.6 Å². The number of thiazole rings is 1. The van der Waals surface area contributed by atoms with Crippen molar-refractivity contribution < 1.29 is 4.79 Å². The van der Waals surface area contributed by atoms with Crippen LogP contribution in [0.1, 0.15) is 44.7 Å². The van der Waals surface area contributed by atoms with Gasteiger partial charge in [0, 0.05) is 11.4 Å². The molecule has 0 aliphatic heterocycles. The van der Waals surface area contributed by atoms with Crippen molar-refractivity contribution in [3.05, 3.63) is 11.1 Å². The summed E-state index contributed by atoms with van der Waals surface area (Å²) in [6, 6.07) is 0.358. The normalized spacial score (nSPS) is 23.8. The molecule has 0 spiro atoms. The number of hydrogen-bond acceptors (Lipinski definition) is 4. The number of anilines is 1. The molecule has 3 N–H and O–H groups in total. The van der Waals surface area contributed by atoms with Crippen LogP contribution >= 0.6 is 11.3 Å². The fraction of sp³-hybridized carbons (Fsp3) is 0.692. The molecule has 4 nitrogen and oxygen atoms in total. The van der Waals surface area contributed by atoms with Gasteiger partial charge in [0.2, 0.25) is 5.91 Å². The summed E-state index contributed by atoms with van der Waals surface area (Å²) >= 11 is 1.38. The molecule has 1 aromatic rings. The van der Waals surface area contributed by atoms with E-state index in [1.165, 1.54) is 30.6 Å². The summed E-state index contributed by atoms with van der Waals surface area (Å²) in [5, 5.41) is 5.49. The van der Waals surface area contributed by atoms with Crippen LogP contribution in [-0.2, 0) is 11.2 Å². The van der Waals surface area contributed by atoms with Crippen LogP contribution in [0.15, 0.2) is 5.38 Å². The maximum absolute atomic E-state index is 11.9. The number of nitrogens with zero attached hydrogens (tertiary/aromatic N) is 1. The van der Waals surface area contributed by atoms with E-state index < -0.39 is 0 Å². The lowest BCUT2D eigenvalue weighted by molar-refractivity contribution is -0.121. The first kappa shape index (κ1) is 13.3. The number of aromatic nitrogens is 1. The summed E-state index contributed by atoms with van der Waals surface area (Å²) in [4.78, 5) is 16.0. The van der Waals surface area contributed by atoms with Crippen molar-refractivity contribution in [3.63, 3.8) is 0 Å². The molecular weight excluding hydrogens is 246 g/mol. The summed E-state index contributed by atoms with van der Waals surface area (Å²) in [6.45, 7) is 2.25. The Labute approximate surface area is 112 Å². The molecule has 0 bridgehead atoms. The molecule has 1 fully saturated rings. The molecule has 18 heavy (non-hydrogen) atoms. The number of nitrogen functional groups attached to an aromatic ring is 1. The van der Waals surface area contributed by atoms with Gasteiger partial charge in [0.1, 0.15) is 0 Å². The second-order valence-electron chi connectivity index (χ2n) is 5.05. The molecule has 0 atom stereocenters. The molecule has 0 aromatic carbocycles. The van der Waals surface area contributed by atoms with Crippen LogP contribution in [-0.4, -0.2) is 16.9 Å². The average Bonchev–Trinajstić information content (AvgIpc) is 2.75. The van der Waals surface area contributed by atoms with E-state index in [4.69, 9.17) is 5.73 Å². The highest BCUT2D eigenvalue weighted by Gasteiger charge is 2.21. The van der Waals surface area contributed by atoms with E-state index in [1.807, 2.05) is 5.38 Å².